The summed E-state index contributed by atoms with van der Waals surface area (Å²) in [6.07, 6.45) is 3.55. The van der Waals surface area contributed by atoms with E-state index in [1.165, 1.54) is 51.6 Å². The van der Waals surface area contributed by atoms with Gasteiger partial charge in [-0.3, -0.25) is 14.4 Å². The van der Waals surface area contributed by atoms with Gasteiger partial charge in [0.2, 0.25) is 11.6 Å². The summed E-state index contributed by atoms with van der Waals surface area (Å²) in [5.74, 6) is -2.70. The Bertz CT molecular complexity index is 1330. The predicted molar refractivity (Wildman–Crippen MR) is 168 cm³/mol. The van der Waals surface area contributed by atoms with Crippen LogP contribution in [0.3, 0.4) is 0 Å². The maximum Gasteiger partial charge on any atom is 0.405 e. The van der Waals surface area contributed by atoms with Crippen molar-refractivity contribution in [3.05, 3.63) is 58.1 Å². The lowest BCUT2D eigenvalue weighted by Crippen LogP contribution is -2.38. The second-order valence-electron chi connectivity index (χ2n) is 11.4. The van der Waals surface area contributed by atoms with E-state index in [4.69, 9.17) is 24.7 Å². The minimum absolute atomic E-state index is 0.0919. The number of rotatable bonds is 6. The summed E-state index contributed by atoms with van der Waals surface area (Å²) in [5.41, 5.74) is 5.87. The Kier molecular flexibility index (Phi) is 13.9. The van der Waals surface area contributed by atoms with Crippen LogP contribution in [0.2, 0.25) is 0 Å². The molecule has 0 radical (unpaired) electrons. The van der Waals surface area contributed by atoms with Crippen molar-refractivity contribution in [2.45, 2.75) is 65.0 Å². The largest absolute Gasteiger partial charge is 0.492 e. The van der Waals surface area contributed by atoms with E-state index in [9.17, 15) is 24.3 Å². The van der Waals surface area contributed by atoms with Crippen molar-refractivity contribution in [3.63, 3.8) is 0 Å². The van der Waals surface area contributed by atoms with Crippen LogP contribution in [0.1, 0.15) is 40.5 Å². The molecule has 0 aromatic carbocycles. The number of nitrogens with two attached hydrogens (primary N) is 1. The first-order valence-electron chi connectivity index (χ1n) is 14.5. The van der Waals surface area contributed by atoms with Gasteiger partial charge >= 0.3 is 6.09 Å². The first-order valence-corrected chi connectivity index (χ1v) is 14.5. The number of aliphatic hydroxyl groups excluding tert-OH is 1. The monoisotopic (exact) mass is 630 g/mol. The number of methoxy groups -OCH3 is 3. The molecule has 2 amide bonds. The van der Waals surface area contributed by atoms with Crippen molar-refractivity contribution >= 4 is 29.8 Å². The molecular weight excluding hydrogens is 584 g/mol. The van der Waals surface area contributed by atoms with Gasteiger partial charge in [-0.15, -0.1) is 0 Å². The first-order chi connectivity index (χ1) is 21.2. The lowest BCUT2D eigenvalue weighted by Gasteiger charge is -2.30. The molecule has 6 atom stereocenters. The highest BCUT2D eigenvalue weighted by Gasteiger charge is 2.37. The zero-order valence-electron chi connectivity index (χ0n) is 27.5. The number of fused-ring (bicyclic) bond motifs is 2. The standard InChI is InChI=1S/C32H46N4O9/c1-17-13-21-27(38)25(22(16-34-36(5)6)28(39)30(21)44-9)35-31(40)18(2)11-10-12-23(42-7)29(45-32(33)41)20(4)15-19(3)26(37)24(14-17)43-8/h10-12,15-17,19,23-24,26,29,37H,13-14H2,1-9H3,(H2,33,41)(H,35,40)/b12-10?,18-11?,20-15?,34-16+. The molecule has 0 saturated carbocycles. The summed E-state index contributed by atoms with van der Waals surface area (Å²) in [5, 5.41) is 19.4. The molecule has 6 unspecified atom stereocenters. The molecule has 1 aliphatic heterocycles. The molecule has 4 N–H and O–H groups in total. The summed E-state index contributed by atoms with van der Waals surface area (Å²) in [4.78, 5) is 52.6. The minimum atomic E-state index is -1.01. The second kappa shape index (κ2) is 16.8. The minimum Gasteiger partial charge on any atom is -0.492 e. The van der Waals surface area contributed by atoms with Gasteiger partial charge in [-0.05, 0) is 38.2 Å². The van der Waals surface area contributed by atoms with E-state index < -0.39 is 53.9 Å². The van der Waals surface area contributed by atoms with Gasteiger partial charge in [0, 0.05) is 45.4 Å². The number of amides is 2. The van der Waals surface area contributed by atoms with Gasteiger partial charge in [0.25, 0.3) is 5.91 Å². The van der Waals surface area contributed by atoms with Crippen LogP contribution in [0.25, 0.3) is 0 Å². The molecule has 2 bridgehead atoms. The summed E-state index contributed by atoms with van der Waals surface area (Å²) < 4.78 is 22.0. The van der Waals surface area contributed by atoms with Crippen LogP contribution in [0.4, 0.5) is 4.79 Å². The highest BCUT2D eigenvalue weighted by molar-refractivity contribution is 6.32. The molecule has 0 fully saturated rings. The number of nitrogens with zero attached hydrogens (tertiary/aromatic N) is 2. The molecule has 13 nitrogen and oxygen atoms in total. The number of hydrogen-bond acceptors (Lipinski definition) is 11. The van der Waals surface area contributed by atoms with Crippen LogP contribution in [0.5, 0.6) is 0 Å². The molecule has 2 aliphatic rings. The molecule has 13 heteroatoms. The van der Waals surface area contributed by atoms with Crippen molar-refractivity contribution in [1.82, 2.24) is 10.3 Å². The fraction of sp³-hybridized carbons (Fsp3) is 0.531. The number of hydrazone groups is 1. The number of primary amides is 1. The summed E-state index contributed by atoms with van der Waals surface area (Å²) in [6, 6.07) is 0. The molecule has 0 saturated heterocycles. The van der Waals surface area contributed by atoms with Gasteiger partial charge in [-0.25, -0.2) is 4.79 Å². The molecule has 45 heavy (non-hydrogen) atoms. The zero-order valence-corrected chi connectivity index (χ0v) is 27.5. The van der Waals surface area contributed by atoms with Gasteiger partial charge in [-0.1, -0.05) is 38.2 Å². The Labute approximate surface area is 264 Å². The SMILES string of the molecule is COC1=C2CC(C)CC(OC)C(O)C(C)C=C(C)C(OC(N)=O)C(OC)C=CC=C(C)C(=O)NC(=C(/C=N/N(C)C)C1=O)C2=O. The molecule has 1 heterocycles. The molecule has 248 valence electrons. The van der Waals surface area contributed by atoms with Crippen LogP contribution in [0, 0.1) is 11.8 Å². The van der Waals surface area contributed by atoms with Crippen LogP contribution < -0.4 is 11.1 Å². The van der Waals surface area contributed by atoms with Crippen molar-refractivity contribution in [2.24, 2.45) is 22.7 Å². The third kappa shape index (κ3) is 9.71. The van der Waals surface area contributed by atoms with Crippen LogP contribution in [-0.2, 0) is 33.3 Å². The van der Waals surface area contributed by atoms with Crippen molar-refractivity contribution < 1.29 is 43.2 Å². The predicted octanol–water partition coefficient (Wildman–Crippen LogP) is 2.33. The van der Waals surface area contributed by atoms with Gasteiger partial charge in [0.1, 0.15) is 11.8 Å². The van der Waals surface area contributed by atoms with E-state index in [1.54, 1.807) is 40.1 Å². The Morgan fingerprint density at radius 1 is 1.11 bits per heavy atom. The highest BCUT2D eigenvalue weighted by atomic mass is 16.6. The smallest absolute Gasteiger partial charge is 0.405 e. The maximum absolute atomic E-state index is 13.9. The Morgan fingerprint density at radius 2 is 1.78 bits per heavy atom. The number of Topliss-reactive ketones (excluding diaryl/α,β-unsaturated/α-hetero) is 2. The molecule has 0 spiro atoms. The molecule has 2 rings (SSSR count). The molecule has 0 aromatic heterocycles. The number of hydrogen-bond donors (Lipinski definition) is 3. The number of allylic oxidation sites excluding steroid dienone is 4. The molecule has 1 aliphatic carbocycles. The number of aliphatic hydroxyl groups is 1. The average molecular weight is 631 g/mol. The van der Waals surface area contributed by atoms with Crippen molar-refractivity contribution in [2.75, 3.05) is 35.4 Å². The summed E-state index contributed by atoms with van der Waals surface area (Å²) >= 11 is 0. The van der Waals surface area contributed by atoms with E-state index in [0.717, 1.165) is 0 Å². The number of ketones is 2. The van der Waals surface area contributed by atoms with Crippen molar-refractivity contribution in [1.29, 1.82) is 0 Å². The average Bonchev–Trinajstić information content (AvgIpc) is 2.98. The van der Waals surface area contributed by atoms with E-state index in [0.29, 0.717) is 12.0 Å². The van der Waals surface area contributed by atoms with E-state index in [2.05, 4.69) is 10.4 Å². The van der Waals surface area contributed by atoms with E-state index in [-0.39, 0.29) is 40.5 Å². The van der Waals surface area contributed by atoms with Gasteiger partial charge in [-0.2, -0.15) is 5.10 Å². The van der Waals surface area contributed by atoms with E-state index in [1.807, 2.05) is 6.92 Å². The topological polar surface area (TPSA) is 179 Å². The number of carbonyl (C=O) groups is 4. The third-order valence-corrected chi connectivity index (χ3v) is 7.56. The fourth-order valence-electron chi connectivity index (χ4n) is 5.17. The molecular formula is C32H46N4O9. The fourth-order valence-corrected chi connectivity index (χ4v) is 5.17. The number of ether oxygens (including phenoxy) is 4. The first kappa shape index (κ1) is 37.1. The van der Waals surface area contributed by atoms with Crippen molar-refractivity contribution in [3.8, 4) is 0 Å². The number of carbonyl (C=O) groups excluding carboxylic acids is 4. The lowest BCUT2D eigenvalue weighted by molar-refractivity contribution is -0.121. The zero-order chi connectivity index (χ0) is 34.0. The number of nitrogens with one attached hydrogen (secondary N) is 1. The van der Waals surface area contributed by atoms with Gasteiger partial charge in [0.05, 0.1) is 31.1 Å². The summed E-state index contributed by atoms with van der Waals surface area (Å²) in [6.45, 7) is 6.90. The highest BCUT2D eigenvalue weighted by Crippen LogP contribution is 2.31. The quantitative estimate of drug-likeness (QED) is 0.171. The second-order valence-corrected chi connectivity index (χ2v) is 11.4. The maximum atomic E-state index is 13.9. The molecule has 0 aromatic rings. The van der Waals surface area contributed by atoms with Gasteiger partial charge < -0.3 is 40.1 Å². The Balaban J connectivity index is 2.75. The van der Waals surface area contributed by atoms with Gasteiger partial charge in [0.15, 0.2) is 11.9 Å². The lowest BCUT2D eigenvalue weighted by atomic mass is 9.84. The summed E-state index contributed by atoms with van der Waals surface area (Å²) in [7, 11) is 7.49. The third-order valence-electron chi connectivity index (χ3n) is 7.56. The normalized spacial score (nSPS) is 27.7. The van der Waals surface area contributed by atoms with E-state index >= 15 is 0 Å². The Morgan fingerprint density at radius 3 is 2.33 bits per heavy atom. The van der Waals surface area contributed by atoms with Crippen LogP contribution in [-0.4, -0.2) is 99.7 Å². The van der Waals surface area contributed by atoms with Crippen LogP contribution >= 0.6 is 0 Å². The van der Waals surface area contributed by atoms with Crippen LogP contribution in [0.15, 0.2) is 63.2 Å². The Hall–Kier alpha value is -4.07.